The minimum Gasteiger partial charge on any atom is -0.462 e. The predicted molar refractivity (Wildman–Crippen MR) is 88.8 cm³/mol. The van der Waals surface area contributed by atoms with Gasteiger partial charge >= 0.3 is 5.97 Å². The molecule has 0 aliphatic heterocycles. The molecular weight excluding hydrogens is 278 g/mol. The van der Waals surface area contributed by atoms with Crippen LogP contribution in [0.5, 0.6) is 0 Å². The molecule has 0 N–H and O–H groups in total. The molecule has 0 aliphatic carbocycles. The zero-order valence-corrected chi connectivity index (χ0v) is 14.1. The van der Waals surface area contributed by atoms with Gasteiger partial charge in [-0.15, -0.1) is 0 Å². The highest BCUT2D eigenvalue weighted by Gasteiger charge is 2.27. The fourth-order valence-electron chi connectivity index (χ4n) is 2.35. The molecule has 0 saturated heterocycles. The largest absolute Gasteiger partial charge is 0.462 e. The molecule has 4 nitrogen and oxygen atoms in total. The zero-order chi connectivity index (χ0) is 16.2. The van der Waals surface area contributed by atoms with E-state index in [0.717, 1.165) is 38.1 Å². The van der Waals surface area contributed by atoms with Crippen molar-refractivity contribution in [1.29, 1.82) is 0 Å². The lowest BCUT2D eigenvalue weighted by Gasteiger charge is -2.28. The van der Waals surface area contributed by atoms with Crippen molar-refractivity contribution in [3.05, 3.63) is 35.9 Å². The maximum atomic E-state index is 12.5. The van der Waals surface area contributed by atoms with E-state index in [1.165, 1.54) is 0 Å². The number of hydrogen-bond acceptors (Lipinski definition) is 4. The first-order chi connectivity index (χ1) is 10.7. The van der Waals surface area contributed by atoms with Crippen LogP contribution in [0.4, 0.5) is 0 Å². The third-order valence-corrected chi connectivity index (χ3v) is 3.63. The second-order valence-electron chi connectivity index (χ2n) is 5.17. The van der Waals surface area contributed by atoms with Gasteiger partial charge in [-0.1, -0.05) is 57.5 Å². The Morgan fingerprint density at radius 2 is 1.73 bits per heavy atom. The lowest BCUT2D eigenvalue weighted by Crippen LogP contribution is -2.35. The molecule has 1 atom stereocenters. The summed E-state index contributed by atoms with van der Waals surface area (Å²) in [7, 11) is 0. The van der Waals surface area contributed by atoms with E-state index >= 15 is 0 Å². The Morgan fingerprint density at radius 1 is 1.05 bits per heavy atom. The number of carbonyl (C=O) groups excluding carboxylic acids is 1. The number of carbonyl (C=O) groups is 1. The van der Waals surface area contributed by atoms with Crippen LogP contribution in [-0.4, -0.2) is 43.8 Å². The van der Waals surface area contributed by atoms with Crippen molar-refractivity contribution in [2.24, 2.45) is 0 Å². The molecule has 0 spiro atoms. The number of ether oxygens (including phenoxy) is 2. The second kappa shape index (κ2) is 11.2. The summed E-state index contributed by atoms with van der Waals surface area (Å²) in [6.07, 6.45) is 2.15. The third-order valence-electron chi connectivity index (χ3n) is 3.63. The first-order valence-electron chi connectivity index (χ1n) is 8.27. The fraction of sp³-hybridized carbons (Fsp3) is 0.611. The molecular formula is C18H29NO3. The quantitative estimate of drug-likeness (QED) is 0.464. The van der Waals surface area contributed by atoms with Crippen LogP contribution in [0.1, 0.15) is 45.2 Å². The number of hydrogen-bond donors (Lipinski definition) is 0. The van der Waals surface area contributed by atoms with Gasteiger partial charge in [0, 0.05) is 6.61 Å². The molecule has 0 unspecified atom stereocenters. The van der Waals surface area contributed by atoms with Crippen molar-refractivity contribution in [1.82, 2.24) is 4.90 Å². The summed E-state index contributed by atoms with van der Waals surface area (Å²) in [5, 5.41) is 0. The second-order valence-corrected chi connectivity index (χ2v) is 5.17. The van der Waals surface area contributed by atoms with Gasteiger partial charge in [0.05, 0.1) is 6.61 Å². The number of nitrogens with zero attached hydrogens (tertiary/aromatic N) is 1. The fourth-order valence-corrected chi connectivity index (χ4v) is 2.35. The smallest absolute Gasteiger partial charge is 0.328 e. The first kappa shape index (κ1) is 18.7. The number of unbranched alkanes of at least 4 members (excludes halogenated alkanes) is 1. The normalized spacial score (nSPS) is 12.4. The van der Waals surface area contributed by atoms with E-state index in [2.05, 4.69) is 25.7 Å². The van der Waals surface area contributed by atoms with Gasteiger partial charge in [-0.05, 0) is 25.1 Å². The molecule has 0 aromatic heterocycles. The third kappa shape index (κ3) is 6.16. The Balaban J connectivity index is 2.57. The van der Waals surface area contributed by atoms with Crippen molar-refractivity contribution >= 4 is 5.97 Å². The van der Waals surface area contributed by atoms with Gasteiger partial charge in [-0.2, -0.15) is 0 Å². The van der Waals surface area contributed by atoms with Crippen molar-refractivity contribution in [3.8, 4) is 0 Å². The first-order valence-corrected chi connectivity index (χ1v) is 8.27. The van der Waals surface area contributed by atoms with Crippen LogP contribution in [0.2, 0.25) is 0 Å². The molecule has 0 amide bonds. The topological polar surface area (TPSA) is 38.8 Å². The van der Waals surface area contributed by atoms with Crippen molar-refractivity contribution in [2.75, 3.05) is 32.9 Å². The van der Waals surface area contributed by atoms with E-state index in [1.807, 2.05) is 30.3 Å². The molecule has 4 heteroatoms. The summed E-state index contributed by atoms with van der Waals surface area (Å²) in [5.74, 6) is -0.200. The van der Waals surface area contributed by atoms with Gasteiger partial charge in [0.25, 0.3) is 0 Å². The number of rotatable bonds is 11. The van der Waals surface area contributed by atoms with Crippen LogP contribution >= 0.6 is 0 Å². The van der Waals surface area contributed by atoms with E-state index in [9.17, 15) is 4.79 Å². The molecule has 0 fully saturated rings. The van der Waals surface area contributed by atoms with Crippen molar-refractivity contribution < 1.29 is 14.3 Å². The van der Waals surface area contributed by atoms with E-state index in [1.54, 1.807) is 0 Å². The lowest BCUT2D eigenvalue weighted by molar-refractivity contribution is -0.152. The Morgan fingerprint density at radius 3 is 2.32 bits per heavy atom. The monoisotopic (exact) mass is 307 g/mol. The standard InChI is InChI=1S/C18H29NO3/c1-4-7-13-21-14-15-22-18(20)17(19(5-2)6-3)16-11-9-8-10-12-16/h8-12,17H,4-7,13-15H2,1-3H3/t17-/m1/s1. The molecule has 1 rings (SSSR count). The van der Waals surface area contributed by atoms with Crippen LogP contribution in [-0.2, 0) is 14.3 Å². The summed E-state index contributed by atoms with van der Waals surface area (Å²) < 4.78 is 10.9. The molecule has 1 aromatic rings. The van der Waals surface area contributed by atoms with Gasteiger partial charge in [0.1, 0.15) is 12.6 Å². The molecule has 0 saturated carbocycles. The van der Waals surface area contributed by atoms with E-state index in [0.29, 0.717) is 13.2 Å². The van der Waals surface area contributed by atoms with Crippen LogP contribution in [0, 0.1) is 0 Å². The van der Waals surface area contributed by atoms with Gasteiger partial charge < -0.3 is 9.47 Å². The highest BCUT2D eigenvalue weighted by Crippen LogP contribution is 2.21. The summed E-state index contributed by atoms with van der Waals surface area (Å²) in [6.45, 7) is 9.35. The highest BCUT2D eigenvalue weighted by molar-refractivity contribution is 5.77. The molecule has 0 heterocycles. The summed E-state index contributed by atoms with van der Waals surface area (Å²) in [6, 6.07) is 9.46. The Bertz CT molecular complexity index is 404. The highest BCUT2D eigenvalue weighted by atomic mass is 16.6. The van der Waals surface area contributed by atoms with Gasteiger partial charge in [0.15, 0.2) is 0 Å². The number of likely N-dealkylation sites (N-methyl/N-ethyl adjacent to an activating group) is 1. The summed E-state index contributed by atoms with van der Waals surface area (Å²) in [5.41, 5.74) is 0.975. The SMILES string of the molecule is CCCCOCCOC(=O)[C@@H](c1ccccc1)N(CC)CC. The predicted octanol–water partition coefficient (Wildman–Crippen LogP) is 3.43. The van der Waals surface area contributed by atoms with Gasteiger partial charge in [-0.3, -0.25) is 4.90 Å². The molecule has 0 radical (unpaired) electrons. The Kier molecular flexibility index (Phi) is 9.51. The number of esters is 1. The van der Waals surface area contributed by atoms with Crippen LogP contribution in [0.25, 0.3) is 0 Å². The molecule has 0 bridgehead atoms. The van der Waals surface area contributed by atoms with E-state index in [4.69, 9.17) is 9.47 Å². The van der Waals surface area contributed by atoms with E-state index < -0.39 is 0 Å². The maximum Gasteiger partial charge on any atom is 0.328 e. The minimum absolute atomic E-state index is 0.200. The Labute approximate surface area is 134 Å². The van der Waals surface area contributed by atoms with Crippen LogP contribution in [0.15, 0.2) is 30.3 Å². The average molecular weight is 307 g/mol. The maximum absolute atomic E-state index is 12.5. The Hall–Kier alpha value is -1.39. The van der Waals surface area contributed by atoms with Crippen LogP contribution in [0.3, 0.4) is 0 Å². The molecule has 124 valence electrons. The van der Waals surface area contributed by atoms with Crippen molar-refractivity contribution in [2.45, 2.75) is 39.7 Å². The molecule has 0 aliphatic rings. The molecule has 1 aromatic carbocycles. The van der Waals surface area contributed by atoms with E-state index in [-0.39, 0.29) is 12.0 Å². The number of benzene rings is 1. The van der Waals surface area contributed by atoms with Gasteiger partial charge in [0.2, 0.25) is 0 Å². The zero-order valence-electron chi connectivity index (χ0n) is 14.1. The minimum atomic E-state index is -0.341. The summed E-state index contributed by atoms with van der Waals surface area (Å²) in [4.78, 5) is 14.6. The average Bonchev–Trinajstić information content (AvgIpc) is 2.56. The molecule has 22 heavy (non-hydrogen) atoms. The van der Waals surface area contributed by atoms with Crippen LogP contribution < -0.4 is 0 Å². The lowest BCUT2D eigenvalue weighted by atomic mass is 10.1. The van der Waals surface area contributed by atoms with Gasteiger partial charge in [-0.25, -0.2) is 4.79 Å². The summed E-state index contributed by atoms with van der Waals surface area (Å²) >= 11 is 0. The van der Waals surface area contributed by atoms with Crippen molar-refractivity contribution in [3.63, 3.8) is 0 Å².